The highest BCUT2D eigenvalue weighted by atomic mass is 16.5. The molecule has 0 bridgehead atoms. The van der Waals surface area contributed by atoms with Crippen LogP contribution in [0.1, 0.15) is 57.9 Å². The van der Waals surface area contributed by atoms with Gasteiger partial charge < -0.3 is 15.4 Å². The predicted molar refractivity (Wildman–Crippen MR) is 108 cm³/mol. The fraction of sp³-hybridized carbons (Fsp3) is 0.591. The van der Waals surface area contributed by atoms with Crippen molar-refractivity contribution in [3.8, 4) is 0 Å². The molecule has 0 aromatic heterocycles. The molecule has 2 amide bonds. The first kappa shape index (κ1) is 21.9. The maximum Gasteiger partial charge on any atom is 0.329 e. The molecule has 1 atom stereocenters. The lowest BCUT2D eigenvalue weighted by atomic mass is 10.0. The Morgan fingerprint density at radius 3 is 2.25 bits per heavy atom. The Hall–Kier alpha value is -2.37. The van der Waals surface area contributed by atoms with E-state index in [0.717, 1.165) is 31.2 Å². The lowest BCUT2D eigenvalue weighted by Crippen LogP contribution is -2.47. The molecule has 0 saturated heterocycles. The standard InChI is InChI=1S/C22H32N2O4/c1-16(2)21(24-19(25)14-17-10-6-5-7-11-17)22(27)28-15-20(26)23-18-12-8-3-4-9-13-18/h5-7,10-11,16,18,21H,3-4,8-9,12-15H2,1-2H3,(H,23,26)(H,24,25)/t21-/m0/s1. The topological polar surface area (TPSA) is 84.5 Å². The van der Waals surface area contributed by atoms with Crippen LogP contribution in [0.2, 0.25) is 0 Å². The van der Waals surface area contributed by atoms with Crippen LogP contribution in [0.5, 0.6) is 0 Å². The number of hydrogen-bond acceptors (Lipinski definition) is 4. The summed E-state index contributed by atoms with van der Waals surface area (Å²) in [6, 6.07) is 8.73. The van der Waals surface area contributed by atoms with E-state index in [4.69, 9.17) is 4.74 Å². The Morgan fingerprint density at radius 2 is 1.64 bits per heavy atom. The van der Waals surface area contributed by atoms with Gasteiger partial charge in [0, 0.05) is 6.04 Å². The number of esters is 1. The number of amides is 2. The van der Waals surface area contributed by atoms with Crippen molar-refractivity contribution in [2.45, 2.75) is 70.9 Å². The summed E-state index contributed by atoms with van der Waals surface area (Å²) < 4.78 is 5.19. The molecule has 6 heteroatoms. The maximum absolute atomic E-state index is 12.4. The average molecular weight is 389 g/mol. The molecule has 1 aromatic rings. The molecule has 1 aromatic carbocycles. The second-order valence-electron chi connectivity index (χ2n) is 7.82. The number of carbonyl (C=O) groups is 3. The second kappa shape index (κ2) is 11.5. The molecule has 0 aliphatic heterocycles. The van der Waals surface area contributed by atoms with Crippen molar-refractivity contribution in [1.29, 1.82) is 0 Å². The first-order valence-corrected chi connectivity index (χ1v) is 10.2. The van der Waals surface area contributed by atoms with E-state index in [0.29, 0.717) is 0 Å². The van der Waals surface area contributed by atoms with Crippen LogP contribution < -0.4 is 10.6 Å². The van der Waals surface area contributed by atoms with Crippen molar-refractivity contribution in [3.05, 3.63) is 35.9 Å². The third-order valence-corrected chi connectivity index (χ3v) is 5.01. The van der Waals surface area contributed by atoms with E-state index in [9.17, 15) is 14.4 Å². The molecular formula is C22H32N2O4. The largest absolute Gasteiger partial charge is 0.454 e. The number of ether oxygens (including phenoxy) is 1. The third kappa shape index (κ3) is 7.71. The van der Waals surface area contributed by atoms with Crippen LogP contribution in [0.3, 0.4) is 0 Å². The zero-order chi connectivity index (χ0) is 20.4. The SMILES string of the molecule is CC(C)[C@H](NC(=O)Cc1ccccc1)C(=O)OCC(=O)NC1CCCCCC1. The molecule has 1 saturated carbocycles. The normalized spacial score (nSPS) is 16.1. The van der Waals surface area contributed by atoms with Gasteiger partial charge in [0.25, 0.3) is 5.91 Å². The highest BCUT2D eigenvalue weighted by Gasteiger charge is 2.26. The number of rotatable bonds is 8. The third-order valence-electron chi connectivity index (χ3n) is 5.01. The van der Waals surface area contributed by atoms with Gasteiger partial charge in [-0.3, -0.25) is 9.59 Å². The molecule has 0 unspecified atom stereocenters. The summed E-state index contributed by atoms with van der Waals surface area (Å²) in [5, 5.41) is 5.69. The van der Waals surface area contributed by atoms with E-state index in [1.165, 1.54) is 12.8 Å². The van der Waals surface area contributed by atoms with Crippen LogP contribution in [0.15, 0.2) is 30.3 Å². The van der Waals surface area contributed by atoms with Gasteiger partial charge in [0.15, 0.2) is 6.61 Å². The minimum atomic E-state index is -0.776. The van der Waals surface area contributed by atoms with Gasteiger partial charge in [-0.2, -0.15) is 0 Å². The van der Waals surface area contributed by atoms with Crippen molar-refractivity contribution in [2.24, 2.45) is 5.92 Å². The highest BCUT2D eigenvalue weighted by molar-refractivity contribution is 5.87. The molecule has 2 rings (SSSR count). The van der Waals surface area contributed by atoms with Crippen molar-refractivity contribution < 1.29 is 19.1 Å². The molecule has 1 fully saturated rings. The number of carbonyl (C=O) groups excluding carboxylic acids is 3. The van der Waals surface area contributed by atoms with E-state index in [2.05, 4.69) is 10.6 Å². The van der Waals surface area contributed by atoms with Gasteiger partial charge in [-0.25, -0.2) is 4.79 Å². The van der Waals surface area contributed by atoms with Crippen molar-refractivity contribution in [1.82, 2.24) is 10.6 Å². The smallest absolute Gasteiger partial charge is 0.329 e. The van der Waals surface area contributed by atoms with Crippen LogP contribution >= 0.6 is 0 Å². The van der Waals surface area contributed by atoms with E-state index >= 15 is 0 Å². The average Bonchev–Trinajstić information content (AvgIpc) is 2.93. The Kier molecular flexibility index (Phi) is 8.98. The number of hydrogen-bond donors (Lipinski definition) is 2. The lowest BCUT2D eigenvalue weighted by molar-refractivity contribution is -0.153. The van der Waals surface area contributed by atoms with Crippen LogP contribution in [-0.4, -0.2) is 36.5 Å². The minimum absolute atomic E-state index is 0.142. The van der Waals surface area contributed by atoms with Crippen LogP contribution in [-0.2, 0) is 25.5 Å². The van der Waals surface area contributed by atoms with Gasteiger partial charge in [-0.05, 0) is 24.3 Å². The fourth-order valence-corrected chi connectivity index (χ4v) is 3.42. The van der Waals surface area contributed by atoms with E-state index in [-0.39, 0.29) is 36.8 Å². The molecule has 0 heterocycles. The second-order valence-corrected chi connectivity index (χ2v) is 7.82. The summed E-state index contributed by atoms with van der Waals surface area (Å²) in [6.45, 7) is 3.35. The first-order chi connectivity index (χ1) is 13.5. The van der Waals surface area contributed by atoms with Gasteiger partial charge in [0.05, 0.1) is 6.42 Å². The van der Waals surface area contributed by atoms with Crippen molar-refractivity contribution in [2.75, 3.05) is 6.61 Å². The Bertz CT molecular complexity index is 637. The Morgan fingerprint density at radius 1 is 1.00 bits per heavy atom. The summed E-state index contributed by atoms with van der Waals surface area (Å²) in [5.74, 6) is -1.24. The van der Waals surface area contributed by atoms with Gasteiger partial charge in [0.2, 0.25) is 5.91 Å². The molecule has 1 aliphatic carbocycles. The van der Waals surface area contributed by atoms with Gasteiger partial charge in [-0.1, -0.05) is 69.9 Å². The van der Waals surface area contributed by atoms with E-state index in [1.807, 2.05) is 44.2 Å². The summed E-state index contributed by atoms with van der Waals surface area (Å²) in [4.78, 5) is 36.8. The molecule has 0 spiro atoms. The zero-order valence-corrected chi connectivity index (χ0v) is 16.9. The quantitative estimate of drug-likeness (QED) is 0.530. The fourth-order valence-electron chi connectivity index (χ4n) is 3.42. The molecule has 6 nitrogen and oxygen atoms in total. The van der Waals surface area contributed by atoms with Crippen molar-refractivity contribution in [3.63, 3.8) is 0 Å². The summed E-state index contributed by atoms with van der Waals surface area (Å²) >= 11 is 0. The summed E-state index contributed by atoms with van der Waals surface area (Å²) in [6.07, 6.45) is 6.80. The minimum Gasteiger partial charge on any atom is -0.454 e. The molecule has 28 heavy (non-hydrogen) atoms. The van der Waals surface area contributed by atoms with Crippen LogP contribution in [0, 0.1) is 5.92 Å². The predicted octanol–water partition coefficient (Wildman–Crippen LogP) is 2.75. The van der Waals surface area contributed by atoms with Gasteiger partial charge in [0.1, 0.15) is 6.04 Å². The summed E-state index contributed by atoms with van der Waals surface area (Å²) in [7, 11) is 0. The summed E-state index contributed by atoms with van der Waals surface area (Å²) in [5.41, 5.74) is 0.874. The van der Waals surface area contributed by atoms with E-state index < -0.39 is 12.0 Å². The van der Waals surface area contributed by atoms with E-state index in [1.54, 1.807) is 0 Å². The van der Waals surface area contributed by atoms with Gasteiger partial charge >= 0.3 is 5.97 Å². The van der Waals surface area contributed by atoms with Crippen LogP contribution in [0.25, 0.3) is 0 Å². The van der Waals surface area contributed by atoms with Gasteiger partial charge in [-0.15, -0.1) is 0 Å². The zero-order valence-electron chi connectivity index (χ0n) is 16.9. The molecule has 154 valence electrons. The Labute approximate surface area is 167 Å². The molecule has 2 N–H and O–H groups in total. The van der Waals surface area contributed by atoms with Crippen molar-refractivity contribution >= 4 is 17.8 Å². The number of nitrogens with one attached hydrogen (secondary N) is 2. The molecular weight excluding hydrogens is 356 g/mol. The maximum atomic E-state index is 12.4. The number of benzene rings is 1. The van der Waals surface area contributed by atoms with Crippen LogP contribution in [0.4, 0.5) is 0 Å². The highest BCUT2D eigenvalue weighted by Crippen LogP contribution is 2.17. The monoisotopic (exact) mass is 388 g/mol. The first-order valence-electron chi connectivity index (χ1n) is 10.2. The molecule has 1 aliphatic rings. The Balaban J connectivity index is 1.79. The lowest BCUT2D eigenvalue weighted by Gasteiger charge is -2.21. The molecule has 0 radical (unpaired) electrons.